The largest absolute Gasteiger partial charge is 0.459 e. The number of benzene rings is 1. The Morgan fingerprint density at radius 2 is 1.94 bits per heavy atom. The molecular formula is C23H26N2O7. The molecule has 3 rings (SSSR count). The lowest BCUT2D eigenvalue weighted by Gasteiger charge is -2.30. The summed E-state index contributed by atoms with van der Waals surface area (Å²) < 4.78 is 16.3. The molecule has 0 spiro atoms. The maximum Gasteiger partial charge on any atom is 0.337 e. The number of ether oxygens (including phenoxy) is 3. The molecular weight excluding hydrogens is 416 g/mol. The van der Waals surface area contributed by atoms with E-state index in [4.69, 9.17) is 14.2 Å². The fraction of sp³-hybridized carbons (Fsp3) is 0.391. The first-order valence-corrected chi connectivity index (χ1v) is 10.3. The van der Waals surface area contributed by atoms with Crippen LogP contribution in [-0.4, -0.2) is 42.8 Å². The molecule has 170 valence electrons. The second-order valence-corrected chi connectivity index (χ2v) is 7.61. The van der Waals surface area contributed by atoms with Crippen molar-refractivity contribution in [1.29, 1.82) is 0 Å². The number of rotatable bonds is 8. The Kier molecular flexibility index (Phi) is 7.42. The summed E-state index contributed by atoms with van der Waals surface area (Å²) in [7, 11) is 0. The van der Waals surface area contributed by atoms with Crippen LogP contribution >= 0.6 is 0 Å². The highest BCUT2D eigenvalue weighted by Gasteiger charge is 2.38. The average Bonchev–Trinajstić information content (AvgIpc) is 3.29. The lowest BCUT2D eigenvalue weighted by Crippen LogP contribution is -2.33. The fourth-order valence-corrected chi connectivity index (χ4v) is 3.92. The maximum atomic E-state index is 13.2. The normalized spacial score (nSPS) is 20.6. The van der Waals surface area contributed by atoms with E-state index in [-0.39, 0.29) is 36.2 Å². The third-order valence-electron chi connectivity index (χ3n) is 5.37. The Balaban J connectivity index is 2.02. The SMILES string of the molecule is C=CCOC(=O)C1=C(C)NC(C)=C(C(=O)OC[C@@H]2CCCO2)[C@@H]1c1cccc([N+](=O)[O-])c1. The smallest absolute Gasteiger partial charge is 0.337 e. The Bertz CT molecular complexity index is 990. The first-order chi connectivity index (χ1) is 15.3. The van der Waals surface area contributed by atoms with E-state index in [1.165, 1.54) is 24.3 Å². The number of nitrogens with one attached hydrogen (secondary N) is 1. The molecule has 2 aliphatic heterocycles. The summed E-state index contributed by atoms with van der Waals surface area (Å²) in [6, 6.07) is 5.85. The number of hydrogen-bond acceptors (Lipinski definition) is 8. The first kappa shape index (κ1) is 23.2. The zero-order valence-electron chi connectivity index (χ0n) is 18.1. The standard InChI is InChI=1S/C23H26N2O7/c1-4-10-31-22(26)19-14(2)24-15(3)20(23(27)32-13-18-9-6-11-30-18)21(19)16-7-5-8-17(12-16)25(28)29/h4-5,7-8,12,18,21,24H,1,6,9-11,13H2,2-3H3/t18-,21+/m0/s1. The maximum absolute atomic E-state index is 13.2. The Hall–Kier alpha value is -3.46. The van der Waals surface area contributed by atoms with Crippen LogP contribution in [0.25, 0.3) is 0 Å². The minimum atomic E-state index is -0.898. The number of nitro groups is 1. The quantitative estimate of drug-likeness (QED) is 0.282. The van der Waals surface area contributed by atoms with E-state index in [9.17, 15) is 19.7 Å². The third kappa shape index (κ3) is 5.05. The number of hydrogen-bond donors (Lipinski definition) is 1. The molecule has 9 nitrogen and oxygen atoms in total. The van der Waals surface area contributed by atoms with Gasteiger partial charge < -0.3 is 19.5 Å². The minimum Gasteiger partial charge on any atom is -0.459 e. The van der Waals surface area contributed by atoms with E-state index >= 15 is 0 Å². The Labute approximate surface area is 185 Å². The highest BCUT2D eigenvalue weighted by atomic mass is 16.6. The van der Waals surface area contributed by atoms with Gasteiger partial charge in [-0.25, -0.2) is 9.59 Å². The van der Waals surface area contributed by atoms with Crippen molar-refractivity contribution in [3.63, 3.8) is 0 Å². The number of nitro benzene ring substituents is 1. The lowest BCUT2D eigenvalue weighted by molar-refractivity contribution is -0.384. The van der Waals surface area contributed by atoms with Gasteiger partial charge in [-0.15, -0.1) is 0 Å². The average molecular weight is 442 g/mol. The molecule has 1 saturated heterocycles. The molecule has 32 heavy (non-hydrogen) atoms. The molecule has 2 aliphatic rings. The molecule has 0 amide bonds. The summed E-state index contributed by atoms with van der Waals surface area (Å²) >= 11 is 0. The summed E-state index contributed by atoms with van der Waals surface area (Å²) in [4.78, 5) is 36.9. The van der Waals surface area contributed by atoms with Crippen molar-refractivity contribution in [2.24, 2.45) is 0 Å². The van der Waals surface area contributed by atoms with E-state index in [2.05, 4.69) is 11.9 Å². The number of carbonyl (C=O) groups excluding carboxylic acids is 2. The van der Waals surface area contributed by atoms with E-state index in [0.29, 0.717) is 23.6 Å². The highest BCUT2D eigenvalue weighted by Crippen LogP contribution is 2.40. The summed E-state index contributed by atoms with van der Waals surface area (Å²) in [5.74, 6) is -2.17. The van der Waals surface area contributed by atoms with Crippen LogP contribution in [0.1, 0.15) is 38.2 Å². The number of nitrogens with zero attached hydrogens (tertiary/aromatic N) is 1. The minimum absolute atomic E-state index is 0.0151. The van der Waals surface area contributed by atoms with Crippen molar-refractivity contribution in [2.45, 2.75) is 38.7 Å². The molecule has 2 heterocycles. The van der Waals surface area contributed by atoms with Gasteiger partial charge in [0.15, 0.2) is 0 Å². The Morgan fingerprint density at radius 1 is 1.25 bits per heavy atom. The summed E-state index contributed by atoms with van der Waals surface area (Å²) in [6.07, 6.45) is 2.98. The zero-order chi connectivity index (χ0) is 23.3. The van der Waals surface area contributed by atoms with Crippen LogP contribution in [0.15, 0.2) is 59.5 Å². The van der Waals surface area contributed by atoms with Gasteiger partial charge in [0.05, 0.1) is 28.1 Å². The molecule has 9 heteroatoms. The van der Waals surface area contributed by atoms with Gasteiger partial charge in [-0.1, -0.05) is 24.8 Å². The van der Waals surface area contributed by atoms with Crippen molar-refractivity contribution >= 4 is 17.6 Å². The van der Waals surface area contributed by atoms with E-state index in [1.54, 1.807) is 19.9 Å². The van der Waals surface area contributed by atoms with Crippen molar-refractivity contribution < 1.29 is 28.7 Å². The molecule has 2 atom stereocenters. The number of allylic oxidation sites excluding steroid dienone is 2. The first-order valence-electron chi connectivity index (χ1n) is 10.3. The van der Waals surface area contributed by atoms with Crippen LogP contribution in [0.2, 0.25) is 0 Å². The van der Waals surface area contributed by atoms with Gasteiger partial charge >= 0.3 is 11.9 Å². The van der Waals surface area contributed by atoms with E-state index in [1.807, 2.05) is 0 Å². The number of carbonyl (C=O) groups is 2. The molecule has 0 aromatic heterocycles. The van der Waals surface area contributed by atoms with Crippen molar-refractivity contribution in [3.8, 4) is 0 Å². The van der Waals surface area contributed by atoms with Crippen molar-refractivity contribution in [2.75, 3.05) is 19.8 Å². The second-order valence-electron chi connectivity index (χ2n) is 7.61. The van der Waals surface area contributed by atoms with Gasteiger partial charge in [0.25, 0.3) is 5.69 Å². The van der Waals surface area contributed by atoms with Gasteiger partial charge in [-0.2, -0.15) is 0 Å². The predicted octanol–water partition coefficient (Wildman–Crippen LogP) is 3.28. The van der Waals surface area contributed by atoms with Crippen molar-refractivity contribution in [1.82, 2.24) is 5.32 Å². The van der Waals surface area contributed by atoms with Crippen LogP contribution < -0.4 is 5.32 Å². The fourth-order valence-electron chi connectivity index (χ4n) is 3.92. The monoisotopic (exact) mass is 442 g/mol. The van der Waals surface area contributed by atoms with E-state index in [0.717, 1.165) is 12.8 Å². The molecule has 1 aromatic rings. The summed E-state index contributed by atoms with van der Waals surface area (Å²) in [5, 5.41) is 14.4. The second kappa shape index (κ2) is 10.2. The number of esters is 2. The van der Waals surface area contributed by atoms with Gasteiger partial charge in [-0.05, 0) is 32.3 Å². The number of non-ortho nitro benzene ring substituents is 1. The predicted molar refractivity (Wildman–Crippen MR) is 115 cm³/mol. The van der Waals surface area contributed by atoms with Gasteiger partial charge in [0.1, 0.15) is 13.2 Å². The summed E-state index contributed by atoms with van der Waals surface area (Å²) in [5.41, 5.74) is 1.62. The molecule has 0 bridgehead atoms. The molecule has 1 aromatic carbocycles. The Morgan fingerprint density at radius 3 is 2.53 bits per heavy atom. The highest BCUT2D eigenvalue weighted by molar-refractivity contribution is 6.00. The van der Waals surface area contributed by atoms with Crippen LogP contribution in [0.4, 0.5) is 5.69 Å². The van der Waals surface area contributed by atoms with Gasteiger partial charge in [-0.3, -0.25) is 10.1 Å². The molecule has 0 saturated carbocycles. The number of dihydropyridines is 1. The van der Waals surface area contributed by atoms with Crippen molar-refractivity contribution in [3.05, 3.63) is 75.1 Å². The van der Waals surface area contributed by atoms with Crippen LogP contribution in [0, 0.1) is 10.1 Å². The van der Waals surface area contributed by atoms with Crippen LogP contribution in [0.5, 0.6) is 0 Å². The van der Waals surface area contributed by atoms with Crippen LogP contribution in [0.3, 0.4) is 0 Å². The summed E-state index contributed by atoms with van der Waals surface area (Å²) in [6.45, 7) is 7.63. The molecule has 0 aliphatic carbocycles. The van der Waals surface area contributed by atoms with Crippen LogP contribution in [-0.2, 0) is 23.8 Å². The molecule has 0 radical (unpaired) electrons. The molecule has 0 unspecified atom stereocenters. The lowest BCUT2D eigenvalue weighted by atomic mass is 9.80. The molecule has 1 fully saturated rings. The molecule has 1 N–H and O–H groups in total. The zero-order valence-corrected chi connectivity index (χ0v) is 18.1. The van der Waals surface area contributed by atoms with Gasteiger partial charge in [0, 0.05) is 30.1 Å². The topological polar surface area (TPSA) is 117 Å². The third-order valence-corrected chi connectivity index (χ3v) is 5.37. The van der Waals surface area contributed by atoms with Gasteiger partial charge in [0.2, 0.25) is 0 Å². The van der Waals surface area contributed by atoms with E-state index < -0.39 is 22.8 Å².